The minimum Gasteiger partial charge on any atom is -0.460 e. The van der Waals surface area contributed by atoms with E-state index in [0.29, 0.717) is 27.9 Å². The number of esters is 1. The molecule has 0 unspecified atom stereocenters. The number of furan rings is 1. The molecule has 0 fully saturated rings. The molecule has 120 valence electrons. The fraction of sp³-hybridized carbons (Fsp3) is 0.438. The quantitative estimate of drug-likeness (QED) is 0.789. The Balaban J connectivity index is 2.49. The monoisotopic (exact) mass is 324 g/mol. The molecule has 0 radical (unpaired) electrons. The van der Waals surface area contributed by atoms with Gasteiger partial charge in [-0.05, 0) is 38.5 Å². The maximum absolute atomic E-state index is 12.2. The molecule has 0 N–H and O–H groups in total. The first-order valence-electron chi connectivity index (χ1n) is 7.17. The Morgan fingerprint density at radius 2 is 2.00 bits per heavy atom. The Bertz CT molecular complexity index is 799. The van der Waals surface area contributed by atoms with Crippen LogP contribution in [0.4, 0.5) is 0 Å². The van der Waals surface area contributed by atoms with Crippen LogP contribution in [0.3, 0.4) is 0 Å². The Kier molecular flexibility index (Phi) is 4.60. The van der Waals surface area contributed by atoms with Crippen LogP contribution in [0.2, 0.25) is 0 Å². The highest BCUT2D eigenvalue weighted by atomic mass is 32.2. The zero-order valence-corrected chi connectivity index (χ0v) is 14.0. The molecule has 2 rings (SSSR count). The zero-order valence-electron chi connectivity index (χ0n) is 13.2. The van der Waals surface area contributed by atoms with Crippen LogP contribution in [0.1, 0.15) is 42.5 Å². The van der Waals surface area contributed by atoms with Gasteiger partial charge in [-0.3, -0.25) is 0 Å². The summed E-state index contributed by atoms with van der Waals surface area (Å²) in [6.07, 6.45) is -0.236. The predicted octanol–water partition coefficient (Wildman–Crippen LogP) is 3.24. The molecule has 0 amide bonds. The van der Waals surface area contributed by atoms with Crippen LogP contribution in [0.15, 0.2) is 22.6 Å². The maximum Gasteiger partial charge on any atom is 0.342 e. The number of benzene rings is 1. The number of sulfone groups is 1. The van der Waals surface area contributed by atoms with E-state index in [1.807, 2.05) is 0 Å². The van der Waals surface area contributed by atoms with Crippen LogP contribution < -0.4 is 0 Å². The summed E-state index contributed by atoms with van der Waals surface area (Å²) < 4.78 is 34.3. The third-order valence-electron chi connectivity index (χ3n) is 3.30. The number of rotatable bonds is 5. The molecular formula is C16H20O5S. The number of carbonyl (C=O) groups is 1. The number of ether oxygens (including phenoxy) is 1. The van der Waals surface area contributed by atoms with Gasteiger partial charge >= 0.3 is 5.97 Å². The average molecular weight is 324 g/mol. The molecule has 0 aliphatic carbocycles. The van der Waals surface area contributed by atoms with E-state index in [0.717, 1.165) is 0 Å². The third kappa shape index (κ3) is 3.50. The second-order valence-corrected chi connectivity index (χ2v) is 7.85. The third-order valence-corrected chi connectivity index (χ3v) is 4.95. The summed E-state index contributed by atoms with van der Waals surface area (Å²) >= 11 is 0. The van der Waals surface area contributed by atoms with E-state index < -0.39 is 15.8 Å². The summed E-state index contributed by atoms with van der Waals surface area (Å²) in [5.41, 5.74) is 1.54. The largest absolute Gasteiger partial charge is 0.460 e. The van der Waals surface area contributed by atoms with Crippen molar-refractivity contribution in [2.75, 3.05) is 5.75 Å². The van der Waals surface area contributed by atoms with Gasteiger partial charge in [0.15, 0.2) is 9.84 Å². The number of hydrogen-bond acceptors (Lipinski definition) is 5. The van der Waals surface area contributed by atoms with E-state index in [4.69, 9.17) is 9.15 Å². The van der Waals surface area contributed by atoms with Crippen molar-refractivity contribution in [2.24, 2.45) is 0 Å². The van der Waals surface area contributed by atoms with Crippen molar-refractivity contribution in [1.82, 2.24) is 0 Å². The molecule has 22 heavy (non-hydrogen) atoms. The molecular weight excluding hydrogens is 304 g/mol. The minimum atomic E-state index is -3.13. The second kappa shape index (κ2) is 6.12. The molecule has 0 aliphatic rings. The first-order valence-corrected chi connectivity index (χ1v) is 8.99. The lowest BCUT2D eigenvalue weighted by atomic mass is 10.1. The Morgan fingerprint density at radius 1 is 1.32 bits per heavy atom. The fourth-order valence-corrected chi connectivity index (χ4v) is 3.13. The van der Waals surface area contributed by atoms with Gasteiger partial charge in [-0.25, -0.2) is 13.2 Å². The van der Waals surface area contributed by atoms with E-state index in [1.165, 1.54) is 0 Å². The number of aryl methyl sites for hydroxylation is 1. The number of carbonyl (C=O) groups excluding carboxylic acids is 1. The summed E-state index contributed by atoms with van der Waals surface area (Å²) in [6.45, 7) is 6.85. The predicted molar refractivity (Wildman–Crippen MR) is 84.7 cm³/mol. The van der Waals surface area contributed by atoms with Gasteiger partial charge in [-0.1, -0.05) is 13.0 Å². The molecule has 0 aliphatic heterocycles. The van der Waals surface area contributed by atoms with Crippen molar-refractivity contribution < 1.29 is 22.4 Å². The summed E-state index contributed by atoms with van der Waals surface area (Å²) in [4.78, 5) is 12.2. The molecule has 0 atom stereocenters. The van der Waals surface area contributed by atoms with Gasteiger partial charge in [0.25, 0.3) is 0 Å². The first kappa shape index (κ1) is 16.5. The van der Waals surface area contributed by atoms with Crippen molar-refractivity contribution in [3.8, 4) is 0 Å². The van der Waals surface area contributed by atoms with Crippen molar-refractivity contribution in [2.45, 2.75) is 39.6 Å². The van der Waals surface area contributed by atoms with Gasteiger partial charge in [0.05, 0.1) is 11.9 Å². The van der Waals surface area contributed by atoms with Crippen molar-refractivity contribution in [3.05, 3.63) is 35.1 Å². The van der Waals surface area contributed by atoms with Crippen LogP contribution in [-0.4, -0.2) is 26.2 Å². The molecule has 6 heteroatoms. The second-order valence-electron chi connectivity index (χ2n) is 5.49. The SMILES string of the molecule is CCS(=O)(=O)Cc1ccc2oc(C)c(C(=O)OC(C)C)c2c1. The molecule has 1 aromatic heterocycles. The number of hydrogen-bond donors (Lipinski definition) is 0. The molecule has 0 saturated heterocycles. The van der Waals surface area contributed by atoms with Crippen molar-refractivity contribution >= 4 is 26.8 Å². The van der Waals surface area contributed by atoms with Crippen LogP contribution in [0, 0.1) is 6.92 Å². The maximum atomic E-state index is 12.2. The van der Waals surface area contributed by atoms with Gasteiger partial charge in [0.2, 0.25) is 0 Å². The topological polar surface area (TPSA) is 73.6 Å². The Labute approximate surface area is 130 Å². The zero-order chi connectivity index (χ0) is 16.5. The smallest absolute Gasteiger partial charge is 0.342 e. The van der Waals surface area contributed by atoms with Crippen molar-refractivity contribution in [3.63, 3.8) is 0 Å². The van der Waals surface area contributed by atoms with E-state index in [2.05, 4.69) is 0 Å². The molecule has 0 bridgehead atoms. The van der Waals surface area contributed by atoms with Crippen LogP contribution in [0.25, 0.3) is 11.0 Å². The lowest BCUT2D eigenvalue weighted by molar-refractivity contribution is 0.0378. The molecule has 5 nitrogen and oxygen atoms in total. The fourth-order valence-electron chi connectivity index (χ4n) is 2.24. The highest BCUT2D eigenvalue weighted by Crippen LogP contribution is 2.28. The Hall–Kier alpha value is -1.82. The van der Waals surface area contributed by atoms with Gasteiger partial charge in [-0.2, -0.15) is 0 Å². The van der Waals surface area contributed by atoms with E-state index in [-0.39, 0.29) is 17.6 Å². The van der Waals surface area contributed by atoms with E-state index in [1.54, 1.807) is 45.9 Å². The lowest BCUT2D eigenvalue weighted by Gasteiger charge is -2.07. The summed E-state index contributed by atoms with van der Waals surface area (Å²) in [7, 11) is -3.13. The Morgan fingerprint density at radius 3 is 2.59 bits per heavy atom. The van der Waals surface area contributed by atoms with Gasteiger partial charge in [0.1, 0.15) is 16.9 Å². The van der Waals surface area contributed by atoms with Gasteiger partial charge < -0.3 is 9.15 Å². The van der Waals surface area contributed by atoms with E-state index >= 15 is 0 Å². The summed E-state index contributed by atoms with van der Waals surface area (Å²) in [6, 6.07) is 5.08. The number of fused-ring (bicyclic) bond motifs is 1. The molecule has 0 spiro atoms. The average Bonchev–Trinajstić information content (AvgIpc) is 2.73. The summed E-state index contributed by atoms with van der Waals surface area (Å²) in [5.74, 6) is 0.0398. The van der Waals surface area contributed by atoms with Crippen LogP contribution in [0.5, 0.6) is 0 Å². The molecule has 1 aromatic carbocycles. The minimum absolute atomic E-state index is 0.0532. The lowest BCUT2D eigenvalue weighted by Crippen LogP contribution is -2.12. The van der Waals surface area contributed by atoms with Crippen LogP contribution >= 0.6 is 0 Å². The molecule has 1 heterocycles. The normalized spacial score (nSPS) is 12.0. The standard InChI is InChI=1S/C16H20O5S/c1-5-22(18,19)9-12-6-7-14-13(8-12)15(11(4)21-14)16(17)20-10(2)3/h6-8,10H,5,9H2,1-4H3. The van der Waals surface area contributed by atoms with Gasteiger partial charge in [0, 0.05) is 11.1 Å². The molecule has 0 saturated carbocycles. The van der Waals surface area contributed by atoms with Crippen molar-refractivity contribution in [1.29, 1.82) is 0 Å². The highest BCUT2D eigenvalue weighted by molar-refractivity contribution is 7.90. The first-order chi connectivity index (χ1) is 10.2. The van der Waals surface area contributed by atoms with E-state index in [9.17, 15) is 13.2 Å². The van der Waals surface area contributed by atoms with Crippen LogP contribution in [-0.2, 0) is 20.3 Å². The summed E-state index contributed by atoms with van der Waals surface area (Å²) in [5, 5.41) is 0.590. The van der Waals surface area contributed by atoms with Gasteiger partial charge in [-0.15, -0.1) is 0 Å². The molecule has 2 aromatic rings. The highest BCUT2D eigenvalue weighted by Gasteiger charge is 2.21.